The molecule has 2 aromatic carbocycles. The Kier molecular flexibility index (Phi) is 6.29. The van der Waals surface area contributed by atoms with Gasteiger partial charge in [-0.25, -0.2) is 0 Å². The molecule has 0 atom stereocenters. The molecular weight excluding hydrogens is 346 g/mol. The summed E-state index contributed by atoms with van der Waals surface area (Å²) in [6, 6.07) is 9.44. The van der Waals surface area contributed by atoms with Crippen LogP contribution < -0.4 is 19.9 Å². The maximum atomic E-state index is 6.24. The number of methoxy groups -OCH3 is 1. The number of hydrogen-bond donors (Lipinski definition) is 1. The van der Waals surface area contributed by atoms with E-state index in [1.54, 1.807) is 12.1 Å². The van der Waals surface area contributed by atoms with E-state index in [9.17, 15) is 0 Å². The zero-order valence-electron chi connectivity index (χ0n) is 13.9. The van der Waals surface area contributed by atoms with Crippen LogP contribution in [0.25, 0.3) is 0 Å². The van der Waals surface area contributed by atoms with Gasteiger partial charge in [-0.3, -0.25) is 0 Å². The molecule has 2 rings (SSSR count). The molecule has 0 fully saturated rings. The minimum atomic E-state index is 0.250. The Balaban J connectivity index is 2.01. The summed E-state index contributed by atoms with van der Waals surface area (Å²) in [5.74, 6) is 1.78. The van der Waals surface area contributed by atoms with E-state index in [4.69, 9.17) is 43.8 Å². The number of thiocarbonyl (C=S) groups is 1. The fourth-order valence-corrected chi connectivity index (χ4v) is 2.54. The Labute approximate surface area is 152 Å². The quantitative estimate of drug-likeness (QED) is 0.592. The second-order valence-electron chi connectivity index (χ2n) is 5.32. The van der Waals surface area contributed by atoms with Crippen molar-refractivity contribution in [2.24, 2.45) is 5.73 Å². The lowest BCUT2D eigenvalue weighted by atomic mass is 10.1. The van der Waals surface area contributed by atoms with E-state index >= 15 is 0 Å². The van der Waals surface area contributed by atoms with Gasteiger partial charge in [0.15, 0.2) is 11.5 Å². The Hall–Kier alpha value is -1.98. The largest absolute Gasteiger partial charge is 0.493 e. The van der Waals surface area contributed by atoms with E-state index in [1.807, 2.05) is 32.0 Å². The third-order valence-corrected chi connectivity index (χ3v) is 3.96. The molecule has 0 heterocycles. The van der Waals surface area contributed by atoms with Crippen LogP contribution in [0.4, 0.5) is 0 Å². The molecule has 0 aromatic heterocycles. The zero-order chi connectivity index (χ0) is 17.7. The summed E-state index contributed by atoms with van der Waals surface area (Å²) in [5, 5.41) is 0.392. The lowest BCUT2D eigenvalue weighted by molar-refractivity contribution is 0.210. The Morgan fingerprint density at radius 3 is 2.46 bits per heavy atom. The van der Waals surface area contributed by atoms with Crippen LogP contribution in [0.2, 0.25) is 5.02 Å². The summed E-state index contributed by atoms with van der Waals surface area (Å²) in [6.07, 6.45) is 0. The molecule has 24 heavy (non-hydrogen) atoms. The van der Waals surface area contributed by atoms with E-state index in [1.165, 1.54) is 7.11 Å². The van der Waals surface area contributed by atoms with Gasteiger partial charge in [0.05, 0.1) is 12.1 Å². The van der Waals surface area contributed by atoms with Crippen molar-refractivity contribution in [3.8, 4) is 17.2 Å². The van der Waals surface area contributed by atoms with Gasteiger partial charge in [-0.15, -0.1) is 0 Å². The molecule has 128 valence electrons. The highest BCUT2D eigenvalue weighted by atomic mass is 35.5. The lowest BCUT2D eigenvalue weighted by Gasteiger charge is -2.15. The van der Waals surface area contributed by atoms with Crippen molar-refractivity contribution in [1.82, 2.24) is 0 Å². The van der Waals surface area contributed by atoms with Crippen LogP contribution >= 0.6 is 23.8 Å². The fourth-order valence-electron chi connectivity index (χ4n) is 2.16. The molecule has 0 radical (unpaired) electrons. The summed E-state index contributed by atoms with van der Waals surface area (Å²) < 4.78 is 16.8. The van der Waals surface area contributed by atoms with Gasteiger partial charge in [0, 0.05) is 5.56 Å². The highest BCUT2D eigenvalue weighted by Gasteiger charge is 2.13. The van der Waals surface area contributed by atoms with Crippen LogP contribution in [0.5, 0.6) is 17.2 Å². The Morgan fingerprint density at radius 2 is 1.79 bits per heavy atom. The van der Waals surface area contributed by atoms with Crippen LogP contribution in [-0.2, 0) is 0 Å². The number of ether oxygens (including phenoxy) is 3. The fraction of sp³-hybridized carbons (Fsp3) is 0.278. The van der Waals surface area contributed by atoms with Crippen LogP contribution in [0.3, 0.4) is 0 Å². The van der Waals surface area contributed by atoms with Gasteiger partial charge >= 0.3 is 0 Å². The molecule has 0 aliphatic carbocycles. The molecule has 0 amide bonds. The molecular formula is C18H20ClNO3S. The molecule has 0 bridgehead atoms. The van der Waals surface area contributed by atoms with Crippen molar-refractivity contribution in [2.45, 2.75) is 13.8 Å². The Morgan fingerprint density at radius 1 is 1.08 bits per heavy atom. The smallest absolute Gasteiger partial charge is 0.179 e. The van der Waals surface area contributed by atoms with Crippen molar-refractivity contribution in [2.75, 3.05) is 20.3 Å². The van der Waals surface area contributed by atoms with Crippen LogP contribution in [0.1, 0.15) is 16.7 Å². The molecule has 2 aromatic rings. The van der Waals surface area contributed by atoms with Gasteiger partial charge in [0.2, 0.25) is 0 Å². The molecule has 0 saturated heterocycles. The van der Waals surface area contributed by atoms with E-state index in [0.717, 1.165) is 16.9 Å². The first-order valence-electron chi connectivity index (χ1n) is 7.42. The van der Waals surface area contributed by atoms with E-state index in [2.05, 4.69) is 0 Å². The second-order valence-corrected chi connectivity index (χ2v) is 6.17. The first-order valence-corrected chi connectivity index (χ1v) is 8.21. The lowest BCUT2D eigenvalue weighted by Crippen LogP contribution is -2.12. The predicted molar refractivity (Wildman–Crippen MR) is 101 cm³/mol. The van der Waals surface area contributed by atoms with Crippen molar-refractivity contribution in [1.29, 1.82) is 0 Å². The maximum absolute atomic E-state index is 6.24. The van der Waals surface area contributed by atoms with E-state index in [0.29, 0.717) is 35.3 Å². The minimum Gasteiger partial charge on any atom is -0.493 e. The number of benzene rings is 2. The molecule has 0 aliphatic rings. The maximum Gasteiger partial charge on any atom is 0.179 e. The summed E-state index contributed by atoms with van der Waals surface area (Å²) in [7, 11) is 1.54. The molecule has 0 saturated carbocycles. The molecule has 0 aliphatic heterocycles. The van der Waals surface area contributed by atoms with Crippen LogP contribution in [-0.4, -0.2) is 25.3 Å². The van der Waals surface area contributed by atoms with Gasteiger partial charge in [0.25, 0.3) is 0 Å². The predicted octanol–water partition coefficient (Wildman–Crippen LogP) is 4.06. The highest BCUT2D eigenvalue weighted by Crippen LogP contribution is 2.36. The number of hydrogen-bond acceptors (Lipinski definition) is 4. The average molecular weight is 366 g/mol. The van der Waals surface area contributed by atoms with Crippen LogP contribution in [0.15, 0.2) is 30.3 Å². The number of halogens is 1. The van der Waals surface area contributed by atoms with Gasteiger partial charge in [-0.05, 0) is 43.2 Å². The third kappa shape index (κ3) is 4.52. The monoisotopic (exact) mass is 365 g/mol. The number of nitrogens with two attached hydrogens (primary N) is 1. The van der Waals surface area contributed by atoms with E-state index < -0.39 is 0 Å². The number of aryl methyl sites for hydroxylation is 2. The van der Waals surface area contributed by atoms with Gasteiger partial charge in [-0.2, -0.15) is 0 Å². The summed E-state index contributed by atoms with van der Waals surface area (Å²) >= 11 is 11.2. The summed E-state index contributed by atoms with van der Waals surface area (Å²) in [6.45, 7) is 4.75. The normalized spacial score (nSPS) is 10.3. The van der Waals surface area contributed by atoms with Gasteiger partial charge in [0.1, 0.15) is 24.0 Å². The van der Waals surface area contributed by atoms with Crippen molar-refractivity contribution >= 4 is 28.8 Å². The molecule has 0 spiro atoms. The van der Waals surface area contributed by atoms with Gasteiger partial charge < -0.3 is 19.9 Å². The Bertz CT molecular complexity index is 749. The first-order chi connectivity index (χ1) is 11.4. The summed E-state index contributed by atoms with van der Waals surface area (Å²) in [4.78, 5) is 0.250. The zero-order valence-corrected chi connectivity index (χ0v) is 15.5. The molecule has 4 nitrogen and oxygen atoms in total. The molecule has 2 N–H and O–H groups in total. The van der Waals surface area contributed by atoms with Gasteiger partial charge in [-0.1, -0.05) is 36.0 Å². The third-order valence-electron chi connectivity index (χ3n) is 3.44. The van der Waals surface area contributed by atoms with E-state index in [-0.39, 0.29) is 4.99 Å². The average Bonchev–Trinajstić information content (AvgIpc) is 2.55. The van der Waals surface area contributed by atoms with Crippen molar-refractivity contribution < 1.29 is 14.2 Å². The SMILES string of the molecule is COc1cc(C(N)=S)cc(Cl)c1OCCOc1cc(C)ccc1C. The second kappa shape index (κ2) is 8.22. The number of rotatable bonds is 7. The van der Waals surface area contributed by atoms with Crippen molar-refractivity contribution in [3.05, 3.63) is 52.0 Å². The minimum absolute atomic E-state index is 0.250. The molecule has 0 unspecified atom stereocenters. The first kappa shape index (κ1) is 18.4. The summed E-state index contributed by atoms with van der Waals surface area (Å²) in [5.41, 5.74) is 8.48. The van der Waals surface area contributed by atoms with Crippen molar-refractivity contribution in [3.63, 3.8) is 0 Å². The topological polar surface area (TPSA) is 53.7 Å². The van der Waals surface area contributed by atoms with Crippen LogP contribution in [0, 0.1) is 13.8 Å². The standard InChI is InChI=1S/C18H20ClNO3S/c1-11-4-5-12(2)15(8-11)22-6-7-23-17-14(19)9-13(18(20)24)10-16(17)21-3/h4-5,8-10H,6-7H2,1-3H3,(H2,20,24). The molecule has 6 heteroatoms. The highest BCUT2D eigenvalue weighted by molar-refractivity contribution is 7.80.